The summed E-state index contributed by atoms with van der Waals surface area (Å²) in [5.41, 5.74) is 5.04. The number of nitrogens with one attached hydrogen (secondary N) is 2. The third-order valence-corrected chi connectivity index (χ3v) is 7.44. The molecule has 1 aromatic heterocycles. The Kier molecular flexibility index (Phi) is 7.33. The lowest BCUT2D eigenvalue weighted by molar-refractivity contribution is 0.101. The van der Waals surface area contributed by atoms with Gasteiger partial charge in [0.15, 0.2) is 11.5 Å². The molecule has 3 aromatic carbocycles. The minimum absolute atomic E-state index is 0.224. The van der Waals surface area contributed by atoms with Gasteiger partial charge in [-0.15, -0.1) is 0 Å². The molecule has 0 bridgehead atoms. The highest BCUT2D eigenvalue weighted by molar-refractivity contribution is 6.08. The van der Waals surface area contributed by atoms with Gasteiger partial charge in [-0.1, -0.05) is 12.1 Å². The topological polar surface area (TPSA) is 92.8 Å². The van der Waals surface area contributed by atoms with Crippen LogP contribution in [0.2, 0.25) is 0 Å². The van der Waals surface area contributed by atoms with E-state index in [2.05, 4.69) is 21.6 Å². The highest BCUT2D eigenvalue weighted by Gasteiger charge is 2.16. The number of benzene rings is 3. The van der Waals surface area contributed by atoms with E-state index in [0.29, 0.717) is 47.2 Å². The second kappa shape index (κ2) is 11.4. The number of hydrogen-bond donors (Lipinski definition) is 2. The maximum Gasteiger partial charge on any atom is 0.255 e. The predicted octanol–water partition coefficient (Wildman–Crippen LogP) is 5.46. The molecular formula is C32H32N4O4. The zero-order valence-electron chi connectivity index (χ0n) is 22.5. The Labute approximate surface area is 233 Å². The van der Waals surface area contributed by atoms with E-state index in [1.807, 2.05) is 37.3 Å². The Morgan fingerprint density at radius 3 is 2.42 bits per heavy atom. The predicted molar refractivity (Wildman–Crippen MR) is 156 cm³/mol. The standard InChI is InChI=1S/C32H32N4O4/c1-21-4-8-26(34-31(37)24-7-11-29-30(19-24)40-17-16-39-29)20-28(21)35-32(38)23-6-10-27-22(18-23)5-9-25(33-27)12-15-36-13-2-3-14-36/h4-11,18-20H,2-3,12-17H2,1H3,(H,34,37)(H,35,38). The summed E-state index contributed by atoms with van der Waals surface area (Å²) in [7, 11) is 0. The number of amides is 2. The van der Waals surface area contributed by atoms with Gasteiger partial charge in [0, 0.05) is 46.5 Å². The Hall–Kier alpha value is -4.43. The molecule has 0 aliphatic carbocycles. The molecule has 204 valence electrons. The zero-order chi connectivity index (χ0) is 27.5. The van der Waals surface area contributed by atoms with Gasteiger partial charge in [-0.25, -0.2) is 0 Å². The molecule has 4 aromatic rings. The Morgan fingerprint density at radius 1 is 0.825 bits per heavy atom. The number of anilines is 2. The van der Waals surface area contributed by atoms with Crippen LogP contribution in [0.4, 0.5) is 11.4 Å². The highest BCUT2D eigenvalue weighted by atomic mass is 16.6. The smallest absolute Gasteiger partial charge is 0.255 e. The van der Waals surface area contributed by atoms with Gasteiger partial charge < -0.3 is 25.0 Å². The number of rotatable bonds is 7. The molecule has 1 fully saturated rings. The van der Waals surface area contributed by atoms with Gasteiger partial charge in [-0.2, -0.15) is 0 Å². The van der Waals surface area contributed by atoms with E-state index in [9.17, 15) is 9.59 Å². The van der Waals surface area contributed by atoms with Crippen LogP contribution in [0.1, 0.15) is 44.8 Å². The van der Waals surface area contributed by atoms with Crippen molar-refractivity contribution in [2.24, 2.45) is 0 Å². The zero-order valence-corrected chi connectivity index (χ0v) is 22.5. The van der Waals surface area contributed by atoms with Crippen molar-refractivity contribution in [2.45, 2.75) is 26.2 Å². The molecule has 0 saturated carbocycles. The largest absolute Gasteiger partial charge is 0.486 e. The molecule has 6 rings (SSSR count). The minimum Gasteiger partial charge on any atom is -0.486 e. The van der Waals surface area contributed by atoms with Crippen molar-refractivity contribution in [3.8, 4) is 11.5 Å². The first-order valence-electron chi connectivity index (χ1n) is 13.8. The van der Waals surface area contributed by atoms with E-state index < -0.39 is 0 Å². The van der Waals surface area contributed by atoms with Crippen molar-refractivity contribution in [2.75, 3.05) is 43.5 Å². The van der Waals surface area contributed by atoms with E-state index >= 15 is 0 Å². The lowest BCUT2D eigenvalue weighted by Gasteiger charge is -2.18. The minimum atomic E-state index is -0.278. The first-order chi connectivity index (χ1) is 19.5. The fraction of sp³-hybridized carbons (Fsp3) is 0.281. The molecule has 0 unspecified atom stereocenters. The van der Waals surface area contributed by atoms with Crippen molar-refractivity contribution in [1.29, 1.82) is 0 Å². The molecule has 8 heteroatoms. The summed E-state index contributed by atoms with van der Waals surface area (Å²) in [4.78, 5) is 33.4. The number of aromatic nitrogens is 1. The van der Waals surface area contributed by atoms with E-state index in [1.165, 1.54) is 25.9 Å². The van der Waals surface area contributed by atoms with Crippen LogP contribution in [-0.4, -0.2) is 54.5 Å². The van der Waals surface area contributed by atoms with Crippen LogP contribution in [0.5, 0.6) is 11.5 Å². The van der Waals surface area contributed by atoms with Crippen molar-refractivity contribution in [3.63, 3.8) is 0 Å². The first-order valence-corrected chi connectivity index (χ1v) is 13.8. The average Bonchev–Trinajstić information content (AvgIpc) is 3.51. The van der Waals surface area contributed by atoms with E-state index in [0.717, 1.165) is 35.1 Å². The molecule has 2 N–H and O–H groups in total. The van der Waals surface area contributed by atoms with Crippen molar-refractivity contribution >= 4 is 34.1 Å². The maximum absolute atomic E-state index is 13.2. The molecule has 0 atom stereocenters. The number of carbonyl (C=O) groups excluding carboxylic acids is 2. The molecular weight excluding hydrogens is 504 g/mol. The van der Waals surface area contributed by atoms with Gasteiger partial charge in [0.2, 0.25) is 0 Å². The van der Waals surface area contributed by atoms with Crippen molar-refractivity contribution < 1.29 is 19.1 Å². The van der Waals surface area contributed by atoms with Crippen LogP contribution in [0.3, 0.4) is 0 Å². The second-order valence-corrected chi connectivity index (χ2v) is 10.3. The summed E-state index contributed by atoms with van der Waals surface area (Å²) in [5, 5.41) is 6.83. The average molecular weight is 537 g/mol. The van der Waals surface area contributed by atoms with Gasteiger partial charge in [-0.05, 0) is 93.0 Å². The molecule has 40 heavy (non-hydrogen) atoms. The van der Waals surface area contributed by atoms with E-state index in [4.69, 9.17) is 14.5 Å². The summed E-state index contributed by atoms with van der Waals surface area (Å²) < 4.78 is 11.1. The van der Waals surface area contributed by atoms with Crippen LogP contribution in [0.15, 0.2) is 66.7 Å². The number of ether oxygens (including phenoxy) is 2. The molecule has 0 radical (unpaired) electrons. The van der Waals surface area contributed by atoms with Crippen LogP contribution >= 0.6 is 0 Å². The molecule has 0 spiro atoms. The van der Waals surface area contributed by atoms with Crippen LogP contribution in [0.25, 0.3) is 10.9 Å². The molecule has 2 amide bonds. The van der Waals surface area contributed by atoms with Crippen LogP contribution in [-0.2, 0) is 6.42 Å². The number of carbonyl (C=O) groups is 2. The van der Waals surface area contributed by atoms with Crippen LogP contribution in [0, 0.1) is 6.92 Å². The Bertz CT molecular complexity index is 1580. The molecule has 2 aliphatic heterocycles. The fourth-order valence-corrected chi connectivity index (χ4v) is 5.14. The quantitative estimate of drug-likeness (QED) is 0.326. The lowest BCUT2D eigenvalue weighted by atomic mass is 10.1. The van der Waals surface area contributed by atoms with Gasteiger partial charge in [0.1, 0.15) is 13.2 Å². The molecule has 3 heterocycles. The van der Waals surface area contributed by atoms with Gasteiger partial charge in [0.25, 0.3) is 11.8 Å². The number of nitrogens with zero attached hydrogens (tertiary/aromatic N) is 2. The monoisotopic (exact) mass is 536 g/mol. The fourth-order valence-electron chi connectivity index (χ4n) is 5.14. The summed E-state index contributed by atoms with van der Waals surface area (Å²) in [5.74, 6) is 0.684. The van der Waals surface area contributed by atoms with Crippen molar-refractivity contribution in [3.05, 3.63) is 89.1 Å². The third kappa shape index (κ3) is 5.77. The number of fused-ring (bicyclic) bond motifs is 2. The summed E-state index contributed by atoms with van der Waals surface area (Å²) >= 11 is 0. The molecule has 8 nitrogen and oxygen atoms in total. The van der Waals surface area contributed by atoms with Crippen molar-refractivity contribution in [1.82, 2.24) is 9.88 Å². The molecule has 1 saturated heterocycles. The maximum atomic E-state index is 13.2. The number of aryl methyl sites for hydroxylation is 1. The number of likely N-dealkylation sites (tertiary alicyclic amines) is 1. The summed E-state index contributed by atoms with van der Waals surface area (Å²) in [6, 6.07) is 20.2. The van der Waals surface area contributed by atoms with Gasteiger partial charge >= 0.3 is 0 Å². The summed E-state index contributed by atoms with van der Waals surface area (Å²) in [6.45, 7) is 6.26. The number of pyridine rings is 1. The second-order valence-electron chi connectivity index (χ2n) is 10.3. The SMILES string of the molecule is Cc1ccc(NC(=O)c2ccc3c(c2)OCCO3)cc1NC(=O)c1ccc2nc(CCN3CCCC3)ccc2c1. The normalized spacial score (nSPS) is 14.7. The third-order valence-electron chi connectivity index (χ3n) is 7.44. The first kappa shape index (κ1) is 25.8. The van der Waals surface area contributed by atoms with Crippen LogP contribution < -0.4 is 20.1 Å². The Balaban J connectivity index is 1.12. The lowest BCUT2D eigenvalue weighted by Crippen LogP contribution is -2.22. The van der Waals surface area contributed by atoms with E-state index in [1.54, 1.807) is 30.3 Å². The van der Waals surface area contributed by atoms with Gasteiger partial charge in [-0.3, -0.25) is 14.6 Å². The Morgan fingerprint density at radius 2 is 1.57 bits per heavy atom. The van der Waals surface area contributed by atoms with Gasteiger partial charge in [0.05, 0.1) is 5.52 Å². The number of hydrogen-bond acceptors (Lipinski definition) is 6. The van der Waals surface area contributed by atoms with E-state index in [-0.39, 0.29) is 11.8 Å². The highest BCUT2D eigenvalue weighted by Crippen LogP contribution is 2.31. The summed E-state index contributed by atoms with van der Waals surface area (Å²) in [6.07, 6.45) is 3.50. The molecule has 2 aliphatic rings.